The van der Waals surface area contributed by atoms with Crippen molar-refractivity contribution >= 4 is 5.91 Å². The number of primary amides is 1. The predicted molar refractivity (Wildman–Crippen MR) is 80.0 cm³/mol. The molecule has 0 aromatic heterocycles. The number of nitrogens with zero attached hydrogens (tertiary/aromatic N) is 1. The molecule has 2 atom stereocenters. The van der Waals surface area contributed by atoms with Gasteiger partial charge in [0.1, 0.15) is 5.54 Å². The van der Waals surface area contributed by atoms with E-state index in [1.807, 2.05) is 6.92 Å². The molecule has 2 unspecified atom stereocenters. The second-order valence-electron chi connectivity index (χ2n) is 6.40. The van der Waals surface area contributed by atoms with E-state index >= 15 is 0 Å². The standard InChI is InChI=1S/C15H31N3O/c1-5-8-13-9-6-7-10-18(13)11-15(4,14(16)19)17-12(2)3/h12-13,17H,5-11H2,1-4H3,(H2,16,19). The maximum Gasteiger partial charge on any atom is 0.238 e. The van der Waals surface area contributed by atoms with Gasteiger partial charge in [0.05, 0.1) is 0 Å². The van der Waals surface area contributed by atoms with E-state index in [9.17, 15) is 4.79 Å². The van der Waals surface area contributed by atoms with Crippen LogP contribution in [0.15, 0.2) is 0 Å². The zero-order chi connectivity index (χ0) is 14.5. The van der Waals surface area contributed by atoms with E-state index in [1.54, 1.807) is 0 Å². The van der Waals surface area contributed by atoms with Crippen molar-refractivity contribution in [3.8, 4) is 0 Å². The molecule has 1 fully saturated rings. The average molecular weight is 269 g/mol. The van der Waals surface area contributed by atoms with E-state index in [-0.39, 0.29) is 11.9 Å². The lowest BCUT2D eigenvalue weighted by Crippen LogP contribution is -2.62. The van der Waals surface area contributed by atoms with E-state index < -0.39 is 5.54 Å². The van der Waals surface area contributed by atoms with Crippen molar-refractivity contribution in [2.45, 2.75) is 77.4 Å². The summed E-state index contributed by atoms with van der Waals surface area (Å²) in [5.74, 6) is -0.248. The maximum absolute atomic E-state index is 11.8. The molecule has 1 aliphatic rings. The fourth-order valence-electron chi connectivity index (χ4n) is 3.17. The average Bonchev–Trinajstić information content (AvgIpc) is 2.30. The molecule has 0 radical (unpaired) electrons. The van der Waals surface area contributed by atoms with Crippen LogP contribution >= 0.6 is 0 Å². The molecule has 0 saturated carbocycles. The number of nitrogens with two attached hydrogens (primary N) is 1. The second-order valence-corrected chi connectivity index (χ2v) is 6.40. The highest BCUT2D eigenvalue weighted by atomic mass is 16.1. The normalized spacial score (nSPS) is 24.4. The van der Waals surface area contributed by atoms with Gasteiger partial charge in [0.2, 0.25) is 5.91 Å². The summed E-state index contributed by atoms with van der Waals surface area (Å²) in [4.78, 5) is 14.3. The van der Waals surface area contributed by atoms with Crippen LogP contribution < -0.4 is 11.1 Å². The van der Waals surface area contributed by atoms with Gasteiger partial charge in [0.15, 0.2) is 0 Å². The molecule has 1 amide bonds. The number of likely N-dealkylation sites (tertiary alicyclic amines) is 1. The molecule has 112 valence electrons. The van der Waals surface area contributed by atoms with Gasteiger partial charge in [-0.25, -0.2) is 0 Å². The summed E-state index contributed by atoms with van der Waals surface area (Å²) in [6.45, 7) is 10.1. The number of hydrogen-bond donors (Lipinski definition) is 2. The van der Waals surface area contributed by atoms with Gasteiger partial charge in [-0.05, 0) is 46.6 Å². The van der Waals surface area contributed by atoms with Crippen molar-refractivity contribution in [3.63, 3.8) is 0 Å². The molecule has 1 aliphatic heterocycles. The summed E-state index contributed by atoms with van der Waals surface area (Å²) in [6, 6.07) is 0.873. The lowest BCUT2D eigenvalue weighted by Gasteiger charge is -2.41. The monoisotopic (exact) mass is 269 g/mol. The summed E-state index contributed by atoms with van der Waals surface area (Å²) >= 11 is 0. The van der Waals surface area contributed by atoms with Gasteiger partial charge in [0.25, 0.3) is 0 Å². The van der Waals surface area contributed by atoms with Crippen LogP contribution in [0.25, 0.3) is 0 Å². The van der Waals surface area contributed by atoms with Gasteiger partial charge in [-0.2, -0.15) is 0 Å². The van der Waals surface area contributed by atoms with E-state index in [2.05, 4.69) is 31.0 Å². The van der Waals surface area contributed by atoms with Gasteiger partial charge < -0.3 is 11.1 Å². The number of nitrogens with one attached hydrogen (secondary N) is 1. The molecule has 1 rings (SSSR count). The molecule has 1 heterocycles. The van der Waals surface area contributed by atoms with E-state index in [1.165, 1.54) is 32.1 Å². The fraction of sp³-hybridized carbons (Fsp3) is 0.933. The number of hydrogen-bond acceptors (Lipinski definition) is 3. The Balaban J connectivity index is 2.73. The van der Waals surface area contributed by atoms with Crippen molar-refractivity contribution < 1.29 is 4.79 Å². The number of carbonyl (C=O) groups excluding carboxylic acids is 1. The van der Waals surface area contributed by atoms with Gasteiger partial charge in [-0.1, -0.05) is 19.8 Å². The van der Waals surface area contributed by atoms with E-state index in [0.717, 1.165) is 13.1 Å². The lowest BCUT2D eigenvalue weighted by molar-refractivity contribution is -0.125. The van der Waals surface area contributed by atoms with Crippen molar-refractivity contribution in [2.75, 3.05) is 13.1 Å². The minimum Gasteiger partial charge on any atom is -0.368 e. The molecule has 4 heteroatoms. The van der Waals surface area contributed by atoms with Gasteiger partial charge in [-0.15, -0.1) is 0 Å². The number of rotatable bonds is 7. The van der Waals surface area contributed by atoms with Crippen LogP contribution in [0.5, 0.6) is 0 Å². The smallest absolute Gasteiger partial charge is 0.238 e. The number of amides is 1. The predicted octanol–water partition coefficient (Wildman–Crippen LogP) is 1.88. The summed E-state index contributed by atoms with van der Waals surface area (Å²) in [5, 5.41) is 3.35. The molecule has 0 aliphatic carbocycles. The number of carbonyl (C=O) groups is 1. The van der Waals surface area contributed by atoms with Crippen molar-refractivity contribution in [2.24, 2.45) is 5.73 Å². The Morgan fingerprint density at radius 2 is 2.16 bits per heavy atom. The Morgan fingerprint density at radius 1 is 1.47 bits per heavy atom. The van der Waals surface area contributed by atoms with Crippen molar-refractivity contribution in [3.05, 3.63) is 0 Å². The summed E-state index contributed by atoms with van der Waals surface area (Å²) in [7, 11) is 0. The molecule has 0 bridgehead atoms. The number of piperidine rings is 1. The Labute approximate surface area is 118 Å². The minimum atomic E-state index is -0.627. The highest BCUT2D eigenvalue weighted by Gasteiger charge is 2.36. The molecular formula is C15H31N3O. The molecule has 1 saturated heterocycles. The van der Waals surface area contributed by atoms with Gasteiger partial charge in [-0.3, -0.25) is 9.69 Å². The highest BCUT2D eigenvalue weighted by Crippen LogP contribution is 2.23. The first-order chi connectivity index (χ1) is 8.89. The van der Waals surface area contributed by atoms with E-state index in [4.69, 9.17) is 5.73 Å². The Kier molecular flexibility index (Phi) is 6.27. The van der Waals surface area contributed by atoms with Crippen molar-refractivity contribution in [1.29, 1.82) is 0 Å². The van der Waals surface area contributed by atoms with Gasteiger partial charge >= 0.3 is 0 Å². The van der Waals surface area contributed by atoms with Crippen LogP contribution in [0, 0.1) is 0 Å². The Morgan fingerprint density at radius 3 is 2.68 bits per heavy atom. The SMILES string of the molecule is CCCC1CCCCN1CC(C)(NC(C)C)C(N)=O. The molecule has 3 N–H and O–H groups in total. The molecular weight excluding hydrogens is 238 g/mol. The highest BCUT2D eigenvalue weighted by molar-refractivity contribution is 5.84. The van der Waals surface area contributed by atoms with Crippen LogP contribution in [0.3, 0.4) is 0 Å². The third-order valence-corrected chi connectivity index (χ3v) is 4.04. The van der Waals surface area contributed by atoms with Crippen LogP contribution in [-0.2, 0) is 4.79 Å². The maximum atomic E-state index is 11.8. The van der Waals surface area contributed by atoms with Crippen LogP contribution in [0.4, 0.5) is 0 Å². The van der Waals surface area contributed by atoms with Gasteiger partial charge in [0, 0.05) is 18.6 Å². The first-order valence-corrected chi connectivity index (χ1v) is 7.70. The summed E-state index contributed by atoms with van der Waals surface area (Å²) in [5.41, 5.74) is 5.00. The lowest BCUT2D eigenvalue weighted by atomic mass is 9.93. The quantitative estimate of drug-likeness (QED) is 0.742. The van der Waals surface area contributed by atoms with Crippen LogP contribution in [0.2, 0.25) is 0 Å². The molecule has 0 aromatic carbocycles. The third-order valence-electron chi connectivity index (χ3n) is 4.04. The zero-order valence-electron chi connectivity index (χ0n) is 13.0. The summed E-state index contributed by atoms with van der Waals surface area (Å²) < 4.78 is 0. The molecule has 0 spiro atoms. The topological polar surface area (TPSA) is 58.4 Å². The zero-order valence-corrected chi connectivity index (χ0v) is 13.0. The minimum absolute atomic E-state index is 0.248. The fourth-order valence-corrected chi connectivity index (χ4v) is 3.17. The first kappa shape index (κ1) is 16.4. The largest absolute Gasteiger partial charge is 0.368 e. The van der Waals surface area contributed by atoms with E-state index in [0.29, 0.717) is 6.04 Å². The van der Waals surface area contributed by atoms with Crippen LogP contribution in [-0.4, -0.2) is 41.5 Å². The molecule has 4 nitrogen and oxygen atoms in total. The molecule has 19 heavy (non-hydrogen) atoms. The Hall–Kier alpha value is -0.610. The van der Waals surface area contributed by atoms with Crippen molar-refractivity contribution in [1.82, 2.24) is 10.2 Å². The second kappa shape index (κ2) is 7.25. The molecule has 0 aromatic rings. The Bertz CT molecular complexity index is 291. The first-order valence-electron chi connectivity index (χ1n) is 7.70. The third kappa shape index (κ3) is 4.77. The summed E-state index contributed by atoms with van der Waals surface area (Å²) in [6.07, 6.45) is 6.22. The van der Waals surface area contributed by atoms with Crippen LogP contribution in [0.1, 0.15) is 59.8 Å².